The van der Waals surface area contributed by atoms with Gasteiger partial charge >= 0.3 is 0 Å². The molecule has 5 nitrogen and oxygen atoms in total. The summed E-state index contributed by atoms with van der Waals surface area (Å²) in [4.78, 5) is 16.1. The molecule has 0 aliphatic rings. The van der Waals surface area contributed by atoms with Gasteiger partial charge in [-0.1, -0.05) is 31.0 Å². The van der Waals surface area contributed by atoms with Gasteiger partial charge in [0.05, 0.1) is 0 Å². The third kappa shape index (κ3) is 6.35. The highest BCUT2D eigenvalue weighted by atomic mass is 35.5. The van der Waals surface area contributed by atoms with Gasteiger partial charge in [0.1, 0.15) is 0 Å². The van der Waals surface area contributed by atoms with Crippen LogP contribution in [-0.4, -0.2) is 32.0 Å². The zero-order chi connectivity index (χ0) is 16.4. The van der Waals surface area contributed by atoms with Gasteiger partial charge in [0.25, 0.3) is 0 Å². The van der Waals surface area contributed by atoms with Crippen molar-refractivity contribution < 1.29 is 4.79 Å². The predicted octanol–water partition coefficient (Wildman–Crippen LogP) is 2.94. The normalized spacial score (nSPS) is 11.2. The van der Waals surface area contributed by atoms with E-state index in [4.69, 9.17) is 11.6 Å². The van der Waals surface area contributed by atoms with Crippen molar-refractivity contribution in [2.24, 2.45) is 4.99 Å². The molecule has 1 rings (SSSR count). The Balaban J connectivity index is 2.35. The van der Waals surface area contributed by atoms with Crippen LogP contribution < -0.4 is 16.0 Å². The molecule has 122 valence electrons. The average Bonchev–Trinajstić information content (AvgIpc) is 2.50. The van der Waals surface area contributed by atoms with E-state index in [1.807, 2.05) is 19.1 Å². The number of nitrogens with one attached hydrogen (secondary N) is 3. The number of halogens is 1. The number of rotatable bonds is 7. The fourth-order valence-electron chi connectivity index (χ4n) is 1.85. The summed E-state index contributed by atoms with van der Waals surface area (Å²) < 4.78 is 0. The van der Waals surface area contributed by atoms with Gasteiger partial charge < -0.3 is 16.0 Å². The number of carbonyl (C=O) groups is 1. The number of aliphatic imine (C=N–C) groups is 1. The Morgan fingerprint density at radius 1 is 1.27 bits per heavy atom. The molecular formula is C16H25ClN4O. The van der Waals surface area contributed by atoms with Gasteiger partial charge in [-0.25, -0.2) is 0 Å². The molecule has 0 aromatic heterocycles. The number of unbranched alkanes of at least 4 members (excludes halogenated alkanes) is 1. The summed E-state index contributed by atoms with van der Waals surface area (Å²) in [6.07, 6.45) is 2.58. The lowest BCUT2D eigenvalue weighted by atomic mass is 10.2. The molecule has 0 fully saturated rings. The lowest BCUT2D eigenvalue weighted by Gasteiger charge is -2.12. The van der Waals surface area contributed by atoms with Crippen LogP contribution in [0.25, 0.3) is 0 Å². The summed E-state index contributed by atoms with van der Waals surface area (Å²) in [5.41, 5.74) is 1.63. The molecule has 1 amide bonds. The van der Waals surface area contributed by atoms with E-state index in [9.17, 15) is 4.79 Å². The molecule has 0 atom stereocenters. The van der Waals surface area contributed by atoms with Gasteiger partial charge in [0.2, 0.25) is 5.91 Å². The number of anilines is 1. The smallest absolute Gasteiger partial charge is 0.226 e. The molecule has 0 saturated heterocycles. The number of hydrogen-bond donors (Lipinski definition) is 3. The van der Waals surface area contributed by atoms with E-state index < -0.39 is 0 Å². The molecule has 22 heavy (non-hydrogen) atoms. The Morgan fingerprint density at radius 3 is 2.68 bits per heavy atom. The van der Waals surface area contributed by atoms with Crippen molar-refractivity contribution in [2.75, 3.05) is 25.5 Å². The molecule has 0 unspecified atom stereocenters. The average molecular weight is 325 g/mol. The third-order valence-corrected chi connectivity index (χ3v) is 3.64. The molecule has 0 radical (unpaired) electrons. The van der Waals surface area contributed by atoms with E-state index in [2.05, 4.69) is 27.9 Å². The SMILES string of the molecule is CCCCNC(=NC)NCCC(=O)Nc1cccc(Cl)c1C. The monoisotopic (exact) mass is 324 g/mol. The van der Waals surface area contributed by atoms with E-state index in [-0.39, 0.29) is 5.91 Å². The van der Waals surface area contributed by atoms with Crippen LogP contribution in [0.3, 0.4) is 0 Å². The van der Waals surface area contributed by atoms with Crippen LogP contribution >= 0.6 is 11.6 Å². The van der Waals surface area contributed by atoms with Crippen LogP contribution in [0, 0.1) is 6.92 Å². The van der Waals surface area contributed by atoms with Crippen LogP contribution in [0.1, 0.15) is 31.7 Å². The second-order valence-corrected chi connectivity index (χ2v) is 5.40. The molecule has 1 aromatic rings. The Labute approximate surface area is 137 Å². The van der Waals surface area contributed by atoms with Gasteiger partial charge in [-0.15, -0.1) is 0 Å². The van der Waals surface area contributed by atoms with Crippen LogP contribution in [0.15, 0.2) is 23.2 Å². The van der Waals surface area contributed by atoms with Crippen molar-refractivity contribution in [2.45, 2.75) is 33.1 Å². The van der Waals surface area contributed by atoms with Crippen LogP contribution in [0.4, 0.5) is 5.69 Å². The standard InChI is InChI=1S/C16H25ClN4O/c1-4-5-10-19-16(18-3)20-11-9-15(22)21-14-8-6-7-13(17)12(14)2/h6-8H,4-5,9-11H2,1-3H3,(H,21,22)(H2,18,19,20). The van der Waals surface area contributed by atoms with Crippen molar-refractivity contribution in [1.82, 2.24) is 10.6 Å². The summed E-state index contributed by atoms with van der Waals surface area (Å²) >= 11 is 6.03. The molecule has 3 N–H and O–H groups in total. The summed E-state index contributed by atoms with van der Waals surface area (Å²) in [6.45, 7) is 5.43. The number of guanidine groups is 1. The van der Waals surface area contributed by atoms with Crippen molar-refractivity contribution in [3.05, 3.63) is 28.8 Å². The van der Waals surface area contributed by atoms with Gasteiger partial charge in [0.15, 0.2) is 5.96 Å². The molecule has 0 aliphatic carbocycles. The largest absolute Gasteiger partial charge is 0.356 e. The van der Waals surface area contributed by atoms with E-state index in [1.165, 1.54) is 0 Å². The van der Waals surface area contributed by atoms with Gasteiger partial charge in [-0.2, -0.15) is 0 Å². The molecule has 0 heterocycles. The van der Waals surface area contributed by atoms with Gasteiger partial charge in [-0.3, -0.25) is 9.79 Å². The van der Waals surface area contributed by atoms with Crippen LogP contribution in [0.5, 0.6) is 0 Å². The zero-order valence-electron chi connectivity index (χ0n) is 13.5. The number of amides is 1. The quantitative estimate of drug-likeness (QED) is 0.410. The number of nitrogens with zero attached hydrogens (tertiary/aromatic N) is 1. The fourth-order valence-corrected chi connectivity index (χ4v) is 2.03. The van der Waals surface area contributed by atoms with Crippen LogP contribution in [0.2, 0.25) is 5.02 Å². The van der Waals surface area contributed by atoms with E-state index in [0.717, 1.165) is 36.6 Å². The van der Waals surface area contributed by atoms with E-state index >= 15 is 0 Å². The lowest BCUT2D eigenvalue weighted by molar-refractivity contribution is -0.116. The summed E-state index contributed by atoms with van der Waals surface area (Å²) in [7, 11) is 1.72. The van der Waals surface area contributed by atoms with Crippen LogP contribution in [-0.2, 0) is 4.79 Å². The Morgan fingerprint density at radius 2 is 2.00 bits per heavy atom. The first-order valence-corrected chi connectivity index (χ1v) is 7.95. The minimum absolute atomic E-state index is 0.0538. The second kappa shape index (κ2) is 10.1. The minimum Gasteiger partial charge on any atom is -0.356 e. The summed E-state index contributed by atoms with van der Waals surface area (Å²) in [5, 5.41) is 9.84. The highest BCUT2D eigenvalue weighted by molar-refractivity contribution is 6.31. The molecule has 0 bridgehead atoms. The molecule has 0 aliphatic heterocycles. The molecule has 0 saturated carbocycles. The minimum atomic E-state index is -0.0538. The van der Waals surface area contributed by atoms with Crippen molar-refractivity contribution in [1.29, 1.82) is 0 Å². The van der Waals surface area contributed by atoms with Crippen molar-refractivity contribution >= 4 is 29.2 Å². The fraction of sp³-hybridized carbons (Fsp3) is 0.500. The molecule has 1 aromatic carbocycles. The molecule has 6 heteroatoms. The maximum atomic E-state index is 12.0. The first kappa shape index (κ1) is 18.3. The van der Waals surface area contributed by atoms with E-state index in [0.29, 0.717) is 18.0 Å². The maximum Gasteiger partial charge on any atom is 0.226 e. The Bertz CT molecular complexity index is 517. The third-order valence-electron chi connectivity index (χ3n) is 3.23. The lowest BCUT2D eigenvalue weighted by Crippen LogP contribution is -2.39. The van der Waals surface area contributed by atoms with Crippen molar-refractivity contribution in [3.8, 4) is 0 Å². The first-order chi connectivity index (χ1) is 10.6. The van der Waals surface area contributed by atoms with Crippen molar-refractivity contribution in [3.63, 3.8) is 0 Å². The summed E-state index contributed by atoms with van der Waals surface area (Å²) in [5.74, 6) is 0.669. The van der Waals surface area contributed by atoms with E-state index in [1.54, 1.807) is 13.1 Å². The predicted molar refractivity (Wildman–Crippen MR) is 93.7 cm³/mol. The highest BCUT2D eigenvalue weighted by Crippen LogP contribution is 2.22. The topological polar surface area (TPSA) is 65.5 Å². The molecule has 0 spiro atoms. The number of carbonyl (C=O) groups excluding carboxylic acids is 1. The zero-order valence-corrected chi connectivity index (χ0v) is 14.3. The second-order valence-electron chi connectivity index (χ2n) is 4.99. The maximum absolute atomic E-state index is 12.0. The summed E-state index contributed by atoms with van der Waals surface area (Å²) in [6, 6.07) is 5.47. The number of hydrogen-bond acceptors (Lipinski definition) is 2. The van der Waals surface area contributed by atoms with Gasteiger partial charge in [-0.05, 0) is 31.0 Å². The Kier molecular flexibility index (Phi) is 8.36. The highest BCUT2D eigenvalue weighted by Gasteiger charge is 2.07. The Hall–Kier alpha value is -1.75. The van der Waals surface area contributed by atoms with Gasteiger partial charge in [0, 0.05) is 37.3 Å². The number of benzene rings is 1. The molecular weight excluding hydrogens is 300 g/mol. The first-order valence-electron chi connectivity index (χ1n) is 7.58.